The Morgan fingerprint density at radius 2 is 1.77 bits per heavy atom. The number of aliphatic hydroxyl groups excluding tert-OH is 1. The quantitative estimate of drug-likeness (QED) is 0.260. The number of piperidine rings is 1. The molecule has 12 nitrogen and oxygen atoms in total. The summed E-state index contributed by atoms with van der Waals surface area (Å²) in [5.74, 6) is 1.76. The number of piperazine rings is 1. The zero-order chi connectivity index (χ0) is 30.6. The third kappa shape index (κ3) is 7.08. The van der Waals surface area contributed by atoms with Gasteiger partial charge in [-0.05, 0) is 51.8 Å². The van der Waals surface area contributed by atoms with Crippen LogP contribution in [0.2, 0.25) is 0 Å². The van der Waals surface area contributed by atoms with Gasteiger partial charge in [-0.25, -0.2) is 15.0 Å². The van der Waals surface area contributed by atoms with Crippen LogP contribution in [0.4, 0.5) is 23.0 Å². The molecule has 0 amide bonds. The number of likely N-dealkylation sites (N-methyl/N-ethyl adjacent to an activating group) is 1. The Balaban J connectivity index is 1.23. The molecule has 238 valence electrons. The largest absolute Gasteiger partial charge is 0.495 e. The maximum Gasteiger partial charge on any atom is 0.158 e. The van der Waals surface area contributed by atoms with Crippen molar-refractivity contribution in [1.29, 1.82) is 0 Å². The molecular formula is C31H45N9O3S. The molecular weight excluding hydrogens is 578 g/mol. The molecule has 0 saturated carbocycles. The van der Waals surface area contributed by atoms with E-state index in [0.717, 1.165) is 87.1 Å². The van der Waals surface area contributed by atoms with E-state index >= 15 is 0 Å². The predicted molar refractivity (Wildman–Crippen MR) is 175 cm³/mol. The van der Waals surface area contributed by atoms with Crippen LogP contribution in [-0.4, -0.2) is 109 Å². The summed E-state index contributed by atoms with van der Waals surface area (Å²) in [4.78, 5) is 21.9. The lowest BCUT2D eigenvalue weighted by molar-refractivity contribution is 0.0904. The highest BCUT2D eigenvalue weighted by Gasteiger charge is 2.28. The zero-order valence-electron chi connectivity index (χ0n) is 26.0. The number of aryl methyl sites for hydroxylation is 1. The molecule has 3 saturated heterocycles. The minimum atomic E-state index is -1.33. The van der Waals surface area contributed by atoms with Crippen molar-refractivity contribution in [3.8, 4) is 17.1 Å². The van der Waals surface area contributed by atoms with Crippen LogP contribution < -0.4 is 26.0 Å². The molecule has 0 radical (unpaired) electrons. The molecule has 1 unspecified atom stereocenters. The van der Waals surface area contributed by atoms with Crippen LogP contribution in [0.25, 0.3) is 11.4 Å². The van der Waals surface area contributed by atoms with E-state index in [1.165, 1.54) is 0 Å². The van der Waals surface area contributed by atoms with Crippen molar-refractivity contribution >= 4 is 34.3 Å². The maximum atomic E-state index is 10.6. The Morgan fingerprint density at radius 3 is 2.43 bits per heavy atom. The predicted octanol–water partition coefficient (Wildman–Crippen LogP) is 3.42. The summed E-state index contributed by atoms with van der Waals surface area (Å²) in [6.07, 6.45) is 2.70. The van der Waals surface area contributed by atoms with Crippen LogP contribution >= 0.6 is 11.3 Å². The Morgan fingerprint density at radius 1 is 1.02 bits per heavy atom. The number of ether oxygens (including phenoxy) is 2. The second kappa shape index (κ2) is 13.9. The third-order valence-corrected chi connectivity index (χ3v) is 9.70. The van der Waals surface area contributed by atoms with Gasteiger partial charge in [-0.1, -0.05) is 0 Å². The van der Waals surface area contributed by atoms with E-state index < -0.39 is 6.23 Å². The van der Waals surface area contributed by atoms with Crippen LogP contribution in [0, 0.1) is 6.92 Å². The molecule has 13 heteroatoms. The van der Waals surface area contributed by atoms with Crippen LogP contribution in [0.15, 0.2) is 23.6 Å². The van der Waals surface area contributed by atoms with Gasteiger partial charge in [-0.15, -0.1) is 11.3 Å². The number of aliphatic hydroxyl groups is 1. The Hall–Kier alpha value is -3.07. The normalized spacial score (nSPS) is 20.1. The van der Waals surface area contributed by atoms with Gasteiger partial charge in [0.1, 0.15) is 29.1 Å². The van der Waals surface area contributed by atoms with E-state index in [1.807, 2.05) is 24.4 Å². The summed E-state index contributed by atoms with van der Waals surface area (Å²) in [7, 11) is 3.91. The van der Waals surface area contributed by atoms with Crippen molar-refractivity contribution in [2.45, 2.75) is 50.9 Å². The number of thiazole rings is 1. The molecule has 1 atom stereocenters. The van der Waals surface area contributed by atoms with Gasteiger partial charge in [0, 0.05) is 81.7 Å². The summed E-state index contributed by atoms with van der Waals surface area (Å²) in [6.45, 7) is 9.94. The van der Waals surface area contributed by atoms with Crippen molar-refractivity contribution in [3.05, 3.63) is 34.3 Å². The molecule has 3 aliphatic rings. The average Bonchev–Trinajstić information content (AvgIpc) is 3.48. The number of aromatic nitrogens is 3. The number of nitrogens with one attached hydrogen (secondary N) is 2. The highest BCUT2D eigenvalue weighted by molar-refractivity contribution is 7.09. The van der Waals surface area contributed by atoms with Gasteiger partial charge in [-0.2, -0.15) is 0 Å². The van der Waals surface area contributed by atoms with E-state index in [9.17, 15) is 5.11 Å². The molecule has 3 fully saturated rings. The molecule has 1 aromatic carbocycles. The first-order valence-electron chi connectivity index (χ1n) is 15.6. The molecule has 0 bridgehead atoms. The minimum Gasteiger partial charge on any atom is -0.495 e. The third-order valence-electron chi connectivity index (χ3n) is 8.93. The van der Waals surface area contributed by atoms with Gasteiger partial charge in [-0.3, -0.25) is 4.90 Å². The first-order chi connectivity index (χ1) is 21.4. The fourth-order valence-electron chi connectivity index (χ4n) is 6.35. The van der Waals surface area contributed by atoms with Gasteiger partial charge in [0.15, 0.2) is 11.6 Å². The van der Waals surface area contributed by atoms with E-state index in [0.29, 0.717) is 42.3 Å². The van der Waals surface area contributed by atoms with Crippen molar-refractivity contribution < 1.29 is 14.6 Å². The Kier molecular flexibility index (Phi) is 9.79. The van der Waals surface area contributed by atoms with Crippen molar-refractivity contribution in [3.63, 3.8) is 0 Å². The van der Waals surface area contributed by atoms with E-state index in [-0.39, 0.29) is 11.7 Å². The first kappa shape index (κ1) is 30.9. The monoisotopic (exact) mass is 623 g/mol. The SMILES string of the molecule is COc1cc(Nc2nc(NC3CCOCC3)c(-c3csc(C)n3)nc2C(N)O)ccc1N1CCC(N2CCN(C)CC2)CC1. The summed E-state index contributed by atoms with van der Waals surface area (Å²) < 4.78 is 11.4. The maximum absolute atomic E-state index is 10.6. The minimum absolute atomic E-state index is 0.192. The van der Waals surface area contributed by atoms with Crippen molar-refractivity contribution in [2.24, 2.45) is 5.73 Å². The molecule has 44 heavy (non-hydrogen) atoms. The van der Waals surface area contributed by atoms with Gasteiger partial charge < -0.3 is 40.7 Å². The van der Waals surface area contributed by atoms with Gasteiger partial charge >= 0.3 is 0 Å². The van der Waals surface area contributed by atoms with E-state index in [2.05, 4.69) is 43.4 Å². The first-order valence-corrected chi connectivity index (χ1v) is 16.5. The van der Waals surface area contributed by atoms with E-state index in [1.54, 1.807) is 18.4 Å². The molecule has 3 aromatic rings. The fourth-order valence-corrected chi connectivity index (χ4v) is 6.94. The summed E-state index contributed by atoms with van der Waals surface area (Å²) >= 11 is 1.54. The number of hydrogen-bond acceptors (Lipinski definition) is 13. The number of anilines is 4. The van der Waals surface area contributed by atoms with Crippen LogP contribution in [0.3, 0.4) is 0 Å². The van der Waals surface area contributed by atoms with Gasteiger partial charge in [0.25, 0.3) is 0 Å². The average molecular weight is 624 g/mol. The van der Waals surface area contributed by atoms with Crippen LogP contribution in [0.1, 0.15) is 42.6 Å². The Bertz CT molecular complexity index is 1400. The lowest BCUT2D eigenvalue weighted by Gasteiger charge is -2.42. The second-order valence-corrected chi connectivity index (χ2v) is 13.0. The molecule has 5 N–H and O–H groups in total. The molecule has 0 spiro atoms. The van der Waals surface area contributed by atoms with E-state index in [4.69, 9.17) is 25.2 Å². The number of hydrogen-bond donors (Lipinski definition) is 4. The standard InChI is InChI=1S/C31H45N9O3S/c1-20-33-24(19-44-20)27-30(34-21-8-16-43-17-9-21)37-31(28(36-27)29(32)41)35-22-4-5-25(26(18-22)42-3)40-10-6-23(7-11-40)39-14-12-38(2)13-15-39/h4-5,18-19,21,23,29,41H,6-17,32H2,1-3H3,(H2,34,35,37). The second-order valence-electron chi connectivity index (χ2n) is 12.0. The van der Waals surface area contributed by atoms with Crippen molar-refractivity contribution in [1.82, 2.24) is 24.8 Å². The van der Waals surface area contributed by atoms with Gasteiger partial charge in [0.2, 0.25) is 0 Å². The zero-order valence-corrected chi connectivity index (χ0v) is 26.8. The lowest BCUT2D eigenvalue weighted by Crippen LogP contribution is -2.52. The Labute approximate surface area is 263 Å². The number of rotatable bonds is 9. The highest BCUT2D eigenvalue weighted by Crippen LogP contribution is 2.37. The van der Waals surface area contributed by atoms with Crippen molar-refractivity contribution in [2.75, 3.05) is 82.2 Å². The molecule has 3 aliphatic heterocycles. The molecule has 6 rings (SSSR count). The van der Waals surface area contributed by atoms with Crippen LogP contribution in [-0.2, 0) is 4.74 Å². The topological polar surface area (TPSA) is 137 Å². The smallest absolute Gasteiger partial charge is 0.158 e. The summed E-state index contributed by atoms with van der Waals surface area (Å²) in [6, 6.07) is 6.92. The summed E-state index contributed by atoms with van der Waals surface area (Å²) in [5.41, 5.74) is 9.39. The fraction of sp³-hybridized carbons (Fsp3) is 0.581. The number of methoxy groups -OCH3 is 1. The molecule has 5 heterocycles. The molecule has 2 aromatic heterocycles. The van der Waals surface area contributed by atoms with Crippen LogP contribution in [0.5, 0.6) is 5.75 Å². The number of nitrogens with two attached hydrogens (primary N) is 1. The molecule has 0 aliphatic carbocycles. The van der Waals surface area contributed by atoms with Gasteiger partial charge in [0.05, 0.1) is 17.8 Å². The number of benzene rings is 1. The summed E-state index contributed by atoms with van der Waals surface area (Å²) in [5, 5.41) is 20.4. The number of nitrogens with zero attached hydrogens (tertiary/aromatic N) is 6. The lowest BCUT2D eigenvalue weighted by atomic mass is 10.0. The highest BCUT2D eigenvalue weighted by atomic mass is 32.1.